The van der Waals surface area contributed by atoms with Crippen LogP contribution in [0.1, 0.15) is 51.4 Å². The van der Waals surface area contributed by atoms with E-state index in [9.17, 15) is 0 Å². The molecule has 1 aromatic heterocycles. The Balaban J connectivity index is 1.84. The van der Waals surface area contributed by atoms with E-state index in [1.54, 1.807) is 0 Å². The van der Waals surface area contributed by atoms with Crippen LogP contribution in [0.4, 0.5) is 0 Å². The van der Waals surface area contributed by atoms with Crippen LogP contribution in [0, 0.1) is 5.92 Å². The molecule has 3 heteroatoms. The normalized spacial score (nSPS) is 16.9. The third kappa shape index (κ3) is 4.66. The van der Waals surface area contributed by atoms with E-state index in [0.717, 1.165) is 24.8 Å². The summed E-state index contributed by atoms with van der Waals surface area (Å²) in [5.41, 5.74) is 1.43. The molecule has 0 radical (unpaired) electrons. The van der Waals surface area contributed by atoms with Crippen molar-refractivity contribution in [3.63, 3.8) is 0 Å². The Morgan fingerprint density at radius 3 is 2.68 bits per heavy atom. The number of furan rings is 1. The number of hydrogen-bond acceptors (Lipinski definition) is 3. The van der Waals surface area contributed by atoms with Crippen molar-refractivity contribution in [2.45, 2.75) is 58.7 Å². The summed E-state index contributed by atoms with van der Waals surface area (Å²) in [6.07, 6.45) is 6.04. The Bertz CT molecular complexity index is 388. The molecule has 1 N–H and O–H groups in total. The van der Waals surface area contributed by atoms with Crippen LogP contribution in [0.3, 0.4) is 0 Å². The molecular formula is C16H28N2O. The van der Waals surface area contributed by atoms with Gasteiger partial charge in [-0.2, -0.15) is 0 Å². The van der Waals surface area contributed by atoms with E-state index >= 15 is 0 Å². The molecule has 0 bridgehead atoms. The van der Waals surface area contributed by atoms with Crippen molar-refractivity contribution >= 4 is 0 Å². The molecule has 0 aliphatic heterocycles. The first-order valence-corrected chi connectivity index (χ1v) is 7.43. The lowest BCUT2D eigenvalue weighted by atomic mass is 9.85. The molecule has 2 rings (SSSR count). The average molecular weight is 264 g/mol. The maximum Gasteiger partial charge on any atom is 0.122 e. The summed E-state index contributed by atoms with van der Waals surface area (Å²) < 4.78 is 5.65. The number of nitrogens with zero attached hydrogens (tertiary/aromatic N) is 1. The van der Waals surface area contributed by atoms with Crippen LogP contribution in [0.5, 0.6) is 0 Å². The van der Waals surface area contributed by atoms with Crippen molar-refractivity contribution in [2.24, 2.45) is 5.92 Å². The van der Waals surface area contributed by atoms with Gasteiger partial charge in [-0.3, -0.25) is 4.90 Å². The van der Waals surface area contributed by atoms with Gasteiger partial charge in [0.25, 0.3) is 0 Å². The van der Waals surface area contributed by atoms with Crippen LogP contribution in [0.2, 0.25) is 0 Å². The molecule has 0 spiro atoms. The van der Waals surface area contributed by atoms with Crippen molar-refractivity contribution in [1.82, 2.24) is 10.2 Å². The smallest absolute Gasteiger partial charge is 0.122 e. The Hall–Kier alpha value is -0.800. The minimum absolute atomic E-state index is 0.145. The summed E-state index contributed by atoms with van der Waals surface area (Å²) in [5.74, 6) is 2.02. The van der Waals surface area contributed by atoms with E-state index in [1.807, 2.05) is 6.26 Å². The average Bonchev–Trinajstić information content (AvgIpc) is 2.67. The second kappa shape index (κ2) is 6.10. The van der Waals surface area contributed by atoms with Crippen LogP contribution in [0.25, 0.3) is 0 Å². The van der Waals surface area contributed by atoms with Crippen molar-refractivity contribution < 1.29 is 4.42 Å². The molecule has 0 saturated heterocycles. The van der Waals surface area contributed by atoms with Gasteiger partial charge in [0.15, 0.2) is 0 Å². The fourth-order valence-corrected chi connectivity index (χ4v) is 2.45. The zero-order valence-electron chi connectivity index (χ0n) is 12.8. The van der Waals surface area contributed by atoms with Gasteiger partial charge in [-0.1, -0.05) is 6.42 Å². The number of rotatable bonds is 6. The lowest BCUT2D eigenvalue weighted by molar-refractivity contribution is 0.190. The summed E-state index contributed by atoms with van der Waals surface area (Å²) in [6.45, 7) is 9.57. The second-order valence-electron chi connectivity index (χ2n) is 6.97. The van der Waals surface area contributed by atoms with E-state index in [2.05, 4.69) is 44.1 Å². The predicted octanol–water partition coefficient (Wildman–Crippen LogP) is 3.40. The van der Waals surface area contributed by atoms with Gasteiger partial charge in [0.2, 0.25) is 0 Å². The fourth-order valence-electron chi connectivity index (χ4n) is 2.45. The van der Waals surface area contributed by atoms with Crippen LogP contribution >= 0.6 is 0 Å². The van der Waals surface area contributed by atoms with Gasteiger partial charge in [0, 0.05) is 24.2 Å². The van der Waals surface area contributed by atoms with Gasteiger partial charge < -0.3 is 9.73 Å². The highest BCUT2D eigenvalue weighted by molar-refractivity contribution is 5.17. The Morgan fingerprint density at radius 2 is 2.11 bits per heavy atom. The molecule has 1 fully saturated rings. The van der Waals surface area contributed by atoms with Crippen LogP contribution in [-0.2, 0) is 13.1 Å². The molecule has 19 heavy (non-hydrogen) atoms. The van der Waals surface area contributed by atoms with Crippen LogP contribution < -0.4 is 5.32 Å². The molecule has 1 aliphatic carbocycles. The molecule has 0 amide bonds. The van der Waals surface area contributed by atoms with Gasteiger partial charge in [-0.25, -0.2) is 0 Å². The minimum Gasteiger partial charge on any atom is -0.468 e. The summed E-state index contributed by atoms with van der Waals surface area (Å²) in [4.78, 5) is 2.39. The monoisotopic (exact) mass is 264 g/mol. The van der Waals surface area contributed by atoms with Crippen LogP contribution in [-0.4, -0.2) is 24.0 Å². The Labute approximate surface area is 117 Å². The SMILES string of the molecule is CN(Cc1occc1CNC(C)(C)C)CC1CCC1. The van der Waals surface area contributed by atoms with Gasteiger partial charge in [0.05, 0.1) is 12.8 Å². The third-order valence-electron chi connectivity index (χ3n) is 3.85. The standard InChI is InChI=1S/C16H28N2O/c1-16(2,3)17-10-14-8-9-19-15(14)12-18(4)11-13-6-5-7-13/h8-9,13,17H,5-7,10-12H2,1-4H3. The van der Waals surface area contributed by atoms with E-state index in [1.165, 1.54) is 31.4 Å². The van der Waals surface area contributed by atoms with Gasteiger partial charge >= 0.3 is 0 Å². The lowest BCUT2D eigenvalue weighted by Gasteiger charge is -2.29. The predicted molar refractivity (Wildman–Crippen MR) is 79.0 cm³/mol. The van der Waals surface area contributed by atoms with Gasteiger partial charge in [-0.05, 0) is 52.6 Å². The third-order valence-corrected chi connectivity index (χ3v) is 3.85. The first-order chi connectivity index (χ1) is 8.94. The molecule has 0 unspecified atom stereocenters. The van der Waals surface area contributed by atoms with Crippen LogP contribution in [0.15, 0.2) is 16.7 Å². The molecule has 1 saturated carbocycles. The van der Waals surface area contributed by atoms with Crippen molar-refractivity contribution in [1.29, 1.82) is 0 Å². The molecule has 1 heterocycles. The first-order valence-electron chi connectivity index (χ1n) is 7.43. The van der Waals surface area contributed by atoms with Crippen molar-refractivity contribution in [2.75, 3.05) is 13.6 Å². The molecule has 1 aliphatic rings. The maximum absolute atomic E-state index is 5.65. The van der Waals surface area contributed by atoms with E-state index < -0.39 is 0 Å². The summed E-state index contributed by atoms with van der Waals surface area (Å²) >= 11 is 0. The zero-order valence-corrected chi connectivity index (χ0v) is 12.8. The summed E-state index contributed by atoms with van der Waals surface area (Å²) in [7, 11) is 2.20. The maximum atomic E-state index is 5.65. The molecule has 1 aromatic rings. The first kappa shape index (κ1) is 14.6. The topological polar surface area (TPSA) is 28.4 Å². The highest BCUT2D eigenvalue weighted by atomic mass is 16.3. The van der Waals surface area contributed by atoms with Crippen molar-refractivity contribution in [3.05, 3.63) is 23.7 Å². The van der Waals surface area contributed by atoms with Crippen molar-refractivity contribution in [3.8, 4) is 0 Å². The number of nitrogens with one attached hydrogen (secondary N) is 1. The van der Waals surface area contributed by atoms with E-state index in [0.29, 0.717) is 0 Å². The van der Waals surface area contributed by atoms with E-state index in [4.69, 9.17) is 4.42 Å². The molecule has 3 nitrogen and oxygen atoms in total. The molecule has 0 aromatic carbocycles. The minimum atomic E-state index is 0.145. The zero-order chi connectivity index (χ0) is 13.9. The highest BCUT2D eigenvalue weighted by Gasteiger charge is 2.20. The second-order valence-corrected chi connectivity index (χ2v) is 6.97. The fraction of sp³-hybridized carbons (Fsp3) is 0.750. The number of hydrogen-bond donors (Lipinski definition) is 1. The Kier molecular flexibility index (Phi) is 4.69. The molecule has 108 valence electrons. The lowest BCUT2D eigenvalue weighted by Crippen LogP contribution is -2.35. The quantitative estimate of drug-likeness (QED) is 0.853. The molecule has 0 atom stereocenters. The van der Waals surface area contributed by atoms with Gasteiger partial charge in [0.1, 0.15) is 5.76 Å². The molecular weight excluding hydrogens is 236 g/mol. The van der Waals surface area contributed by atoms with Gasteiger partial charge in [-0.15, -0.1) is 0 Å². The van der Waals surface area contributed by atoms with E-state index in [-0.39, 0.29) is 5.54 Å². The highest BCUT2D eigenvalue weighted by Crippen LogP contribution is 2.27. The Morgan fingerprint density at radius 1 is 1.37 bits per heavy atom. The summed E-state index contributed by atoms with van der Waals surface area (Å²) in [6, 6.07) is 2.09. The largest absolute Gasteiger partial charge is 0.468 e. The summed E-state index contributed by atoms with van der Waals surface area (Å²) in [5, 5.41) is 3.52.